The monoisotopic (exact) mass is 295 g/mol. The summed E-state index contributed by atoms with van der Waals surface area (Å²) in [6.07, 6.45) is 4.18. The average molecular weight is 296 g/mol. The normalized spacial score (nSPS) is 30.4. The van der Waals surface area contributed by atoms with E-state index in [-0.39, 0.29) is 5.54 Å². The fourth-order valence-electron chi connectivity index (χ4n) is 4.18. The highest BCUT2D eigenvalue weighted by Crippen LogP contribution is 2.31. The molecule has 2 saturated heterocycles. The fraction of sp³-hybridized carbons (Fsp3) is 1.00. The lowest BCUT2D eigenvalue weighted by molar-refractivity contribution is 0.00941. The van der Waals surface area contributed by atoms with Crippen molar-refractivity contribution < 1.29 is 0 Å². The van der Waals surface area contributed by atoms with Crippen molar-refractivity contribution in [3.8, 4) is 0 Å². The lowest BCUT2D eigenvalue weighted by Gasteiger charge is -2.49. The first-order valence-electron chi connectivity index (χ1n) is 8.97. The van der Waals surface area contributed by atoms with Gasteiger partial charge in [0.25, 0.3) is 0 Å². The molecular formula is C18H37N3. The van der Waals surface area contributed by atoms with Crippen molar-refractivity contribution in [2.45, 2.75) is 71.5 Å². The van der Waals surface area contributed by atoms with Gasteiger partial charge in [0.15, 0.2) is 0 Å². The van der Waals surface area contributed by atoms with E-state index < -0.39 is 0 Å². The molecule has 2 heterocycles. The number of nitrogens with zero attached hydrogens (tertiary/aromatic N) is 2. The topological polar surface area (TPSA) is 18.5 Å². The van der Waals surface area contributed by atoms with Crippen molar-refractivity contribution in [3.63, 3.8) is 0 Å². The van der Waals surface area contributed by atoms with Gasteiger partial charge in [0.2, 0.25) is 0 Å². The SMILES string of the molecule is CC(C)C(CNC(C)(C)C)N1CCC2C(CCCN2C)C1. The molecule has 0 radical (unpaired) electrons. The van der Waals surface area contributed by atoms with Crippen molar-refractivity contribution in [3.05, 3.63) is 0 Å². The Morgan fingerprint density at radius 2 is 1.86 bits per heavy atom. The van der Waals surface area contributed by atoms with Gasteiger partial charge in [0.1, 0.15) is 0 Å². The molecule has 2 fully saturated rings. The van der Waals surface area contributed by atoms with E-state index in [4.69, 9.17) is 0 Å². The van der Waals surface area contributed by atoms with Crippen LogP contribution < -0.4 is 5.32 Å². The second-order valence-electron chi connectivity index (χ2n) is 8.68. The Morgan fingerprint density at radius 3 is 2.48 bits per heavy atom. The van der Waals surface area contributed by atoms with Crippen LogP contribution in [0.3, 0.4) is 0 Å². The van der Waals surface area contributed by atoms with E-state index in [1.165, 1.54) is 38.9 Å². The van der Waals surface area contributed by atoms with Gasteiger partial charge in [-0.1, -0.05) is 13.8 Å². The quantitative estimate of drug-likeness (QED) is 0.860. The Kier molecular flexibility index (Phi) is 5.72. The van der Waals surface area contributed by atoms with Gasteiger partial charge >= 0.3 is 0 Å². The van der Waals surface area contributed by atoms with Crippen LogP contribution in [-0.4, -0.2) is 60.6 Å². The Morgan fingerprint density at radius 1 is 1.14 bits per heavy atom. The van der Waals surface area contributed by atoms with Gasteiger partial charge in [-0.15, -0.1) is 0 Å². The zero-order chi connectivity index (χ0) is 15.6. The zero-order valence-corrected chi connectivity index (χ0v) is 15.2. The lowest BCUT2D eigenvalue weighted by atomic mass is 9.83. The van der Waals surface area contributed by atoms with Crippen molar-refractivity contribution >= 4 is 0 Å². The van der Waals surface area contributed by atoms with E-state index in [9.17, 15) is 0 Å². The van der Waals surface area contributed by atoms with Crippen LogP contribution in [0.5, 0.6) is 0 Å². The molecule has 2 aliphatic rings. The maximum Gasteiger partial charge on any atom is 0.0243 e. The number of fused-ring (bicyclic) bond motifs is 1. The summed E-state index contributed by atoms with van der Waals surface area (Å²) in [6, 6.07) is 1.52. The molecule has 0 spiro atoms. The van der Waals surface area contributed by atoms with Gasteiger partial charge < -0.3 is 10.2 Å². The standard InChI is InChI=1S/C18H37N3/c1-14(2)17(12-19-18(3,4)5)21-11-9-16-15(13-21)8-7-10-20(16)6/h14-17,19H,7-13H2,1-6H3. The summed E-state index contributed by atoms with van der Waals surface area (Å²) in [5, 5.41) is 3.73. The predicted molar refractivity (Wildman–Crippen MR) is 91.7 cm³/mol. The maximum atomic E-state index is 3.73. The van der Waals surface area contributed by atoms with E-state index in [1.807, 2.05) is 0 Å². The van der Waals surface area contributed by atoms with E-state index in [0.717, 1.165) is 24.4 Å². The average Bonchev–Trinajstić information content (AvgIpc) is 2.37. The van der Waals surface area contributed by atoms with Crippen LogP contribution in [0.4, 0.5) is 0 Å². The second kappa shape index (κ2) is 6.97. The Labute approximate surface area is 132 Å². The first kappa shape index (κ1) is 17.2. The Balaban J connectivity index is 1.95. The molecule has 3 nitrogen and oxygen atoms in total. The molecule has 2 rings (SSSR count). The van der Waals surface area contributed by atoms with E-state index in [0.29, 0.717) is 6.04 Å². The molecule has 0 bridgehead atoms. The van der Waals surface area contributed by atoms with Crippen LogP contribution in [0.15, 0.2) is 0 Å². The van der Waals surface area contributed by atoms with Gasteiger partial charge in [0, 0.05) is 37.3 Å². The fourth-order valence-corrected chi connectivity index (χ4v) is 4.18. The maximum absolute atomic E-state index is 3.73. The minimum atomic E-state index is 0.219. The number of rotatable bonds is 4. The first-order valence-corrected chi connectivity index (χ1v) is 8.97. The molecular weight excluding hydrogens is 258 g/mol. The van der Waals surface area contributed by atoms with Crippen molar-refractivity contribution in [2.75, 3.05) is 33.2 Å². The van der Waals surface area contributed by atoms with Crippen LogP contribution in [0.2, 0.25) is 0 Å². The van der Waals surface area contributed by atoms with Crippen LogP contribution in [0, 0.1) is 11.8 Å². The molecule has 0 aromatic carbocycles. The van der Waals surface area contributed by atoms with Crippen LogP contribution >= 0.6 is 0 Å². The molecule has 0 saturated carbocycles. The number of likely N-dealkylation sites (tertiary alicyclic amines) is 2. The van der Waals surface area contributed by atoms with Gasteiger partial charge in [0.05, 0.1) is 0 Å². The molecule has 0 aromatic heterocycles. The number of hydrogen-bond donors (Lipinski definition) is 1. The van der Waals surface area contributed by atoms with Gasteiger partial charge in [-0.25, -0.2) is 0 Å². The van der Waals surface area contributed by atoms with E-state index in [1.54, 1.807) is 0 Å². The molecule has 124 valence electrons. The zero-order valence-electron chi connectivity index (χ0n) is 15.2. The highest BCUT2D eigenvalue weighted by Gasteiger charge is 2.37. The van der Waals surface area contributed by atoms with Gasteiger partial charge in [-0.05, 0) is 65.5 Å². The number of piperidine rings is 2. The van der Waals surface area contributed by atoms with Crippen LogP contribution in [0.1, 0.15) is 53.9 Å². The van der Waals surface area contributed by atoms with Crippen molar-refractivity contribution in [2.24, 2.45) is 11.8 Å². The molecule has 0 aliphatic carbocycles. The third-order valence-electron chi connectivity index (χ3n) is 5.46. The minimum absolute atomic E-state index is 0.219. The first-order chi connectivity index (χ1) is 9.78. The molecule has 0 amide bonds. The minimum Gasteiger partial charge on any atom is -0.311 e. The smallest absolute Gasteiger partial charge is 0.0243 e. The Hall–Kier alpha value is -0.120. The summed E-state index contributed by atoms with van der Waals surface area (Å²) >= 11 is 0. The summed E-state index contributed by atoms with van der Waals surface area (Å²) in [7, 11) is 2.33. The molecule has 3 unspecified atom stereocenters. The number of nitrogens with one attached hydrogen (secondary N) is 1. The molecule has 1 N–H and O–H groups in total. The largest absolute Gasteiger partial charge is 0.311 e. The molecule has 0 aromatic rings. The van der Waals surface area contributed by atoms with Gasteiger partial charge in [-0.3, -0.25) is 4.90 Å². The van der Waals surface area contributed by atoms with Crippen molar-refractivity contribution in [1.82, 2.24) is 15.1 Å². The Bertz CT molecular complexity index is 321. The molecule has 3 heteroatoms. The summed E-state index contributed by atoms with van der Waals surface area (Å²) < 4.78 is 0. The van der Waals surface area contributed by atoms with Crippen molar-refractivity contribution in [1.29, 1.82) is 0 Å². The lowest BCUT2D eigenvalue weighted by Crippen LogP contribution is -2.58. The second-order valence-corrected chi connectivity index (χ2v) is 8.68. The molecule has 3 atom stereocenters. The van der Waals surface area contributed by atoms with E-state index >= 15 is 0 Å². The summed E-state index contributed by atoms with van der Waals surface area (Å²) in [6.45, 7) is 16.6. The molecule has 21 heavy (non-hydrogen) atoms. The highest BCUT2D eigenvalue weighted by molar-refractivity contribution is 4.92. The highest BCUT2D eigenvalue weighted by atomic mass is 15.2. The van der Waals surface area contributed by atoms with Gasteiger partial charge in [-0.2, -0.15) is 0 Å². The predicted octanol–water partition coefficient (Wildman–Crippen LogP) is 2.82. The number of hydrogen-bond acceptors (Lipinski definition) is 3. The summed E-state index contributed by atoms with van der Waals surface area (Å²) in [5.74, 6) is 1.62. The summed E-state index contributed by atoms with van der Waals surface area (Å²) in [5.41, 5.74) is 0.219. The third-order valence-corrected chi connectivity index (χ3v) is 5.46. The van der Waals surface area contributed by atoms with Crippen LogP contribution in [0.25, 0.3) is 0 Å². The third kappa shape index (κ3) is 4.67. The molecule has 2 aliphatic heterocycles. The van der Waals surface area contributed by atoms with Crippen LogP contribution in [-0.2, 0) is 0 Å². The summed E-state index contributed by atoms with van der Waals surface area (Å²) in [4.78, 5) is 5.40. The van der Waals surface area contributed by atoms with E-state index in [2.05, 4.69) is 56.8 Å².